The predicted molar refractivity (Wildman–Crippen MR) is 80.2 cm³/mol. The minimum Gasteiger partial charge on any atom is -0.446 e. The van der Waals surface area contributed by atoms with Gasteiger partial charge in [0.25, 0.3) is 0 Å². The van der Waals surface area contributed by atoms with Gasteiger partial charge in [0, 0.05) is 36.1 Å². The van der Waals surface area contributed by atoms with Gasteiger partial charge >= 0.3 is 0 Å². The number of nitrogens with one attached hydrogen (secondary N) is 2. The molecule has 0 aliphatic heterocycles. The SMILES string of the molecule is Cc1ccc(CCc2ncc(CCc3ncc(C)o3)[nH]2)[nH]1. The molecular weight excluding hydrogens is 264 g/mol. The molecule has 3 aromatic rings. The molecule has 0 saturated heterocycles. The van der Waals surface area contributed by atoms with Crippen LogP contribution < -0.4 is 0 Å². The molecule has 5 heteroatoms. The lowest BCUT2D eigenvalue weighted by molar-refractivity contribution is 0.469. The van der Waals surface area contributed by atoms with Gasteiger partial charge in [0.1, 0.15) is 11.6 Å². The lowest BCUT2D eigenvalue weighted by atomic mass is 10.2. The first-order valence-corrected chi connectivity index (χ1v) is 7.27. The van der Waals surface area contributed by atoms with E-state index >= 15 is 0 Å². The normalized spacial score (nSPS) is 11.1. The highest BCUT2D eigenvalue weighted by Crippen LogP contribution is 2.09. The molecule has 0 aliphatic carbocycles. The molecule has 3 heterocycles. The molecule has 3 aromatic heterocycles. The standard InChI is InChI=1S/C16H20N4O/c1-11-3-4-13(19-11)5-7-15-17-10-14(20-15)6-8-16-18-9-12(2)21-16/h3-4,9-10,19H,5-8H2,1-2H3,(H,17,20). The average molecular weight is 284 g/mol. The molecule has 0 bridgehead atoms. The van der Waals surface area contributed by atoms with E-state index in [2.05, 4.69) is 39.0 Å². The summed E-state index contributed by atoms with van der Waals surface area (Å²) < 4.78 is 5.47. The first-order chi connectivity index (χ1) is 10.2. The highest BCUT2D eigenvalue weighted by Gasteiger charge is 2.05. The van der Waals surface area contributed by atoms with Crippen LogP contribution in [0.2, 0.25) is 0 Å². The van der Waals surface area contributed by atoms with Gasteiger partial charge in [-0.3, -0.25) is 0 Å². The number of rotatable bonds is 6. The first kappa shape index (κ1) is 13.7. The topological polar surface area (TPSA) is 70.5 Å². The zero-order valence-electron chi connectivity index (χ0n) is 12.4. The van der Waals surface area contributed by atoms with Gasteiger partial charge in [0.05, 0.1) is 6.20 Å². The fourth-order valence-corrected chi connectivity index (χ4v) is 2.38. The molecule has 0 saturated carbocycles. The Kier molecular flexibility index (Phi) is 3.90. The summed E-state index contributed by atoms with van der Waals surface area (Å²) in [6, 6.07) is 4.23. The van der Waals surface area contributed by atoms with E-state index < -0.39 is 0 Å². The zero-order valence-corrected chi connectivity index (χ0v) is 12.4. The monoisotopic (exact) mass is 284 g/mol. The third-order valence-corrected chi connectivity index (χ3v) is 3.48. The number of hydrogen-bond donors (Lipinski definition) is 2. The van der Waals surface area contributed by atoms with E-state index in [1.165, 1.54) is 11.4 Å². The van der Waals surface area contributed by atoms with E-state index in [0.29, 0.717) is 0 Å². The number of hydrogen-bond acceptors (Lipinski definition) is 3. The number of oxazole rings is 1. The van der Waals surface area contributed by atoms with Crippen LogP contribution in [-0.2, 0) is 25.7 Å². The predicted octanol–water partition coefficient (Wildman–Crippen LogP) is 2.91. The Morgan fingerprint density at radius 3 is 2.48 bits per heavy atom. The van der Waals surface area contributed by atoms with Gasteiger partial charge in [-0.05, 0) is 38.8 Å². The lowest BCUT2D eigenvalue weighted by Crippen LogP contribution is -1.95. The molecule has 0 atom stereocenters. The van der Waals surface area contributed by atoms with Gasteiger partial charge in [0.2, 0.25) is 0 Å². The van der Waals surface area contributed by atoms with Crippen LogP contribution >= 0.6 is 0 Å². The van der Waals surface area contributed by atoms with Crippen molar-refractivity contribution in [2.75, 3.05) is 0 Å². The number of aromatic amines is 2. The second-order valence-electron chi connectivity index (χ2n) is 5.39. The summed E-state index contributed by atoms with van der Waals surface area (Å²) >= 11 is 0. The van der Waals surface area contributed by atoms with Crippen molar-refractivity contribution in [2.24, 2.45) is 0 Å². The van der Waals surface area contributed by atoms with Crippen LogP contribution in [0.25, 0.3) is 0 Å². The molecule has 0 aromatic carbocycles. The maximum atomic E-state index is 5.47. The molecule has 0 unspecified atom stereocenters. The Morgan fingerprint density at radius 2 is 1.76 bits per heavy atom. The second kappa shape index (κ2) is 5.99. The summed E-state index contributed by atoms with van der Waals surface area (Å²) in [5.41, 5.74) is 3.58. The van der Waals surface area contributed by atoms with Crippen molar-refractivity contribution in [1.29, 1.82) is 0 Å². The Bertz CT molecular complexity index is 649. The van der Waals surface area contributed by atoms with Crippen molar-refractivity contribution in [3.8, 4) is 0 Å². The summed E-state index contributed by atoms with van der Waals surface area (Å²) in [5.74, 6) is 2.67. The zero-order chi connectivity index (χ0) is 14.7. The van der Waals surface area contributed by atoms with E-state index in [0.717, 1.165) is 48.9 Å². The van der Waals surface area contributed by atoms with Gasteiger partial charge in [-0.15, -0.1) is 0 Å². The smallest absolute Gasteiger partial charge is 0.194 e. The molecule has 0 amide bonds. The van der Waals surface area contributed by atoms with Crippen molar-refractivity contribution in [3.63, 3.8) is 0 Å². The Labute approximate surface area is 123 Å². The lowest BCUT2D eigenvalue weighted by Gasteiger charge is -1.97. The van der Waals surface area contributed by atoms with Gasteiger partial charge in [-0.25, -0.2) is 9.97 Å². The molecule has 0 spiro atoms. The van der Waals surface area contributed by atoms with E-state index in [1.54, 1.807) is 6.20 Å². The van der Waals surface area contributed by atoms with Crippen LogP contribution in [0.3, 0.4) is 0 Å². The average Bonchev–Trinajstić information content (AvgIpc) is 3.16. The minimum absolute atomic E-state index is 0.783. The minimum atomic E-state index is 0.783. The summed E-state index contributed by atoms with van der Waals surface area (Å²) in [7, 11) is 0. The molecule has 5 nitrogen and oxygen atoms in total. The first-order valence-electron chi connectivity index (χ1n) is 7.27. The summed E-state index contributed by atoms with van der Waals surface area (Å²) in [5, 5.41) is 0. The van der Waals surface area contributed by atoms with Gasteiger partial charge < -0.3 is 14.4 Å². The van der Waals surface area contributed by atoms with Gasteiger partial charge in [-0.1, -0.05) is 0 Å². The van der Waals surface area contributed by atoms with E-state index in [9.17, 15) is 0 Å². The van der Waals surface area contributed by atoms with Crippen LogP contribution in [-0.4, -0.2) is 19.9 Å². The van der Waals surface area contributed by atoms with E-state index in [1.807, 2.05) is 13.1 Å². The van der Waals surface area contributed by atoms with Crippen LogP contribution in [0, 0.1) is 13.8 Å². The quantitative estimate of drug-likeness (QED) is 0.731. The molecule has 0 fully saturated rings. The van der Waals surface area contributed by atoms with Gasteiger partial charge in [0.15, 0.2) is 5.89 Å². The fraction of sp³-hybridized carbons (Fsp3) is 0.375. The van der Waals surface area contributed by atoms with Crippen LogP contribution in [0.4, 0.5) is 0 Å². The fourth-order valence-electron chi connectivity index (χ4n) is 2.38. The van der Waals surface area contributed by atoms with Crippen LogP contribution in [0.15, 0.2) is 28.9 Å². The summed E-state index contributed by atoms with van der Waals surface area (Å²) in [6.45, 7) is 3.98. The highest BCUT2D eigenvalue weighted by molar-refractivity contribution is 5.13. The Balaban J connectivity index is 1.51. The summed E-state index contributed by atoms with van der Waals surface area (Å²) in [4.78, 5) is 15.4. The maximum Gasteiger partial charge on any atom is 0.194 e. The van der Waals surface area contributed by atoms with Crippen LogP contribution in [0.5, 0.6) is 0 Å². The third-order valence-electron chi connectivity index (χ3n) is 3.48. The van der Waals surface area contributed by atoms with Crippen molar-refractivity contribution >= 4 is 0 Å². The van der Waals surface area contributed by atoms with Crippen molar-refractivity contribution in [1.82, 2.24) is 19.9 Å². The van der Waals surface area contributed by atoms with Gasteiger partial charge in [-0.2, -0.15) is 0 Å². The number of aryl methyl sites for hydroxylation is 6. The molecule has 2 N–H and O–H groups in total. The number of aromatic nitrogens is 4. The van der Waals surface area contributed by atoms with Crippen molar-refractivity contribution < 1.29 is 4.42 Å². The molecule has 110 valence electrons. The van der Waals surface area contributed by atoms with E-state index in [-0.39, 0.29) is 0 Å². The second-order valence-corrected chi connectivity index (χ2v) is 5.39. The number of imidazole rings is 1. The van der Waals surface area contributed by atoms with Crippen molar-refractivity contribution in [3.05, 3.63) is 59.1 Å². The highest BCUT2D eigenvalue weighted by atomic mass is 16.3. The Hall–Kier alpha value is -2.30. The Morgan fingerprint density at radius 1 is 0.905 bits per heavy atom. The van der Waals surface area contributed by atoms with Crippen molar-refractivity contribution in [2.45, 2.75) is 39.5 Å². The number of nitrogens with zero attached hydrogens (tertiary/aromatic N) is 2. The molecule has 0 aliphatic rings. The third kappa shape index (κ3) is 3.62. The molecule has 0 radical (unpaired) electrons. The van der Waals surface area contributed by atoms with E-state index in [4.69, 9.17) is 4.42 Å². The molecule has 3 rings (SSSR count). The van der Waals surface area contributed by atoms with Crippen LogP contribution in [0.1, 0.15) is 34.6 Å². The largest absolute Gasteiger partial charge is 0.446 e. The summed E-state index contributed by atoms with van der Waals surface area (Å²) in [6.07, 6.45) is 7.22. The molecule has 21 heavy (non-hydrogen) atoms. The molecular formula is C16H20N4O. The maximum absolute atomic E-state index is 5.47. The number of H-pyrrole nitrogens is 2.